The van der Waals surface area contributed by atoms with Gasteiger partial charge in [0, 0.05) is 0 Å². The van der Waals surface area contributed by atoms with Crippen molar-refractivity contribution in [3.8, 4) is 11.8 Å². The molecule has 1 aromatic rings. The van der Waals surface area contributed by atoms with Crippen LogP contribution in [0.1, 0.15) is 89.9 Å². The lowest BCUT2D eigenvalue weighted by atomic mass is 9.72. The summed E-state index contributed by atoms with van der Waals surface area (Å²) in [6.45, 7) is 0. The lowest BCUT2D eigenvalue weighted by Gasteiger charge is -2.38. The molecule has 0 aliphatic heterocycles. The van der Waals surface area contributed by atoms with E-state index in [1.54, 1.807) is 0 Å². The van der Waals surface area contributed by atoms with Gasteiger partial charge in [-0.05, 0) is 69.1 Å². The van der Waals surface area contributed by atoms with Crippen molar-refractivity contribution >= 4 is 24.1 Å². The summed E-state index contributed by atoms with van der Waals surface area (Å²) in [4.78, 5) is 0. The Hall–Kier alpha value is -0.550. The largest absolute Gasteiger partial charge is 0.470 e. The molecule has 2 atom stereocenters. The Kier molecular flexibility index (Phi) is 6.18. The van der Waals surface area contributed by atoms with Gasteiger partial charge >= 0.3 is 0 Å². The van der Waals surface area contributed by atoms with Gasteiger partial charge in [-0.3, -0.25) is 0 Å². The van der Waals surface area contributed by atoms with E-state index in [-0.39, 0.29) is 18.0 Å². The fraction of sp³-hybridized carbons (Fsp3) is 0.905. The molecule has 5 rings (SSSR count). The first-order valence-electron chi connectivity index (χ1n) is 11.0. The molecule has 2 unspecified atom stereocenters. The van der Waals surface area contributed by atoms with Gasteiger partial charge in [-0.15, -0.1) is 21.2 Å². The summed E-state index contributed by atoms with van der Waals surface area (Å²) in [6.07, 6.45) is 18.7. The second-order valence-electron chi connectivity index (χ2n) is 9.31. The number of hydrogen-bond acceptors (Lipinski definition) is 5. The Labute approximate surface area is 173 Å². The van der Waals surface area contributed by atoms with Gasteiger partial charge in [0.1, 0.15) is 11.7 Å². The molecule has 1 heterocycles. The lowest BCUT2D eigenvalue weighted by Crippen LogP contribution is -2.37. The monoisotopic (exact) mass is 412 g/mol. The van der Waals surface area contributed by atoms with Gasteiger partial charge in [0.25, 0.3) is 11.8 Å². The average molecular weight is 413 g/mol. The van der Waals surface area contributed by atoms with Crippen LogP contribution in [0.3, 0.4) is 0 Å². The first kappa shape index (κ1) is 19.8. The zero-order valence-corrected chi connectivity index (χ0v) is 17.9. The zero-order chi connectivity index (χ0) is 17.4. The number of fused-ring (bicyclic) bond motifs is 2. The molecule has 4 aliphatic rings. The molecule has 0 spiro atoms. The van der Waals surface area contributed by atoms with Gasteiger partial charge in [0.05, 0.1) is 11.7 Å². The SMILES string of the molecule is C1CCC(C2CCCCC2Oc2nsnc2O[C@]23CC[C@@H](CC2)C3)CC1.Cl. The summed E-state index contributed by atoms with van der Waals surface area (Å²) in [6, 6.07) is 0. The highest BCUT2D eigenvalue weighted by Crippen LogP contribution is 2.51. The van der Waals surface area contributed by atoms with Crippen molar-refractivity contribution in [3.05, 3.63) is 0 Å². The van der Waals surface area contributed by atoms with Crippen LogP contribution in [0, 0.1) is 17.8 Å². The van der Waals surface area contributed by atoms with Crippen LogP contribution in [-0.4, -0.2) is 20.5 Å². The quantitative estimate of drug-likeness (QED) is 0.578. The van der Waals surface area contributed by atoms with Crippen molar-refractivity contribution in [2.75, 3.05) is 0 Å². The van der Waals surface area contributed by atoms with Crippen LogP contribution >= 0.6 is 24.1 Å². The van der Waals surface area contributed by atoms with Crippen LogP contribution in [0.15, 0.2) is 0 Å². The molecule has 152 valence electrons. The molecule has 4 fully saturated rings. The van der Waals surface area contributed by atoms with E-state index < -0.39 is 0 Å². The summed E-state index contributed by atoms with van der Waals surface area (Å²) >= 11 is 1.25. The molecule has 27 heavy (non-hydrogen) atoms. The molecule has 1 aromatic heterocycles. The number of halogens is 1. The third-order valence-electron chi connectivity index (χ3n) is 7.69. The summed E-state index contributed by atoms with van der Waals surface area (Å²) in [5.41, 5.74) is 0.0356. The van der Waals surface area contributed by atoms with Crippen molar-refractivity contribution in [1.29, 1.82) is 0 Å². The van der Waals surface area contributed by atoms with Crippen LogP contribution in [0.2, 0.25) is 0 Å². The molecule has 4 saturated carbocycles. The Morgan fingerprint density at radius 3 is 2.26 bits per heavy atom. The number of hydrogen-bond donors (Lipinski definition) is 0. The molecular formula is C21H33ClN2O2S. The fourth-order valence-electron chi connectivity index (χ4n) is 6.31. The van der Waals surface area contributed by atoms with Crippen molar-refractivity contribution in [1.82, 2.24) is 8.75 Å². The number of nitrogens with zero attached hydrogens (tertiary/aromatic N) is 2. The van der Waals surface area contributed by atoms with E-state index >= 15 is 0 Å². The Bertz CT molecular complexity index is 611. The molecule has 0 radical (unpaired) electrons. The maximum atomic E-state index is 6.52. The first-order chi connectivity index (χ1) is 12.8. The maximum absolute atomic E-state index is 6.52. The summed E-state index contributed by atoms with van der Waals surface area (Å²) in [7, 11) is 0. The smallest absolute Gasteiger partial charge is 0.291 e. The standard InChI is InChI=1S/C21H32N2O2S.ClH/c1-2-6-16(7-3-1)17-8-4-5-9-18(17)24-19-20(23-26-22-19)25-21-12-10-15(14-21)11-13-21;/h15-18H,1-14H2;1H/t15-,17?,18?,21+;. The Morgan fingerprint density at radius 2 is 1.52 bits per heavy atom. The van der Waals surface area contributed by atoms with E-state index in [4.69, 9.17) is 9.47 Å². The Balaban J connectivity index is 0.00000180. The molecular weight excluding hydrogens is 380 g/mol. The van der Waals surface area contributed by atoms with Crippen LogP contribution in [-0.2, 0) is 0 Å². The van der Waals surface area contributed by atoms with Crippen LogP contribution in [0.5, 0.6) is 11.8 Å². The second kappa shape index (κ2) is 8.44. The van der Waals surface area contributed by atoms with E-state index in [1.165, 1.54) is 102 Å². The maximum Gasteiger partial charge on any atom is 0.291 e. The Morgan fingerprint density at radius 1 is 0.815 bits per heavy atom. The summed E-state index contributed by atoms with van der Waals surface area (Å²) < 4.78 is 21.9. The highest BCUT2D eigenvalue weighted by molar-refractivity contribution is 6.99. The van der Waals surface area contributed by atoms with Crippen molar-refractivity contribution in [3.63, 3.8) is 0 Å². The highest BCUT2D eigenvalue weighted by atomic mass is 35.5. The topological polar surface area (TPSA) is 44.2 Å². The fourth-order valence-corrected chi connectivity index (χ4v) is 6.74. The highest BCUT2D eigenvalue weighted by Gasteiger charge is 2.48. The van der Waals surface area contributed by atoms with Gasteiger partial charge in [0.2, 0.25) is 0 Å². The van der Waals surface area contributed by atoms with Gasteiger partial charge in [0.15, 0.2) is 0 Å². The minimum Gasteiger partial charge on any atom is -0.470 e. The zero-order valence-electron chi connectivity index (χ0n) is 16.2. The van der Waals surface area contributed by atoms with Crippen molar-refractivity contribution in [2.45, 2.75) is 102 Å². The summed E-state index contributed by atoms with van der Waals surface area (Å²) in [5.74, 6) is 3.81. The van der Waals surface area contributed by atoms with Crippen molar-refractivity contribution in [2.24, 2.45) is 17.8 Å². The summed E-state index contributed by atoms with van der Waals surface area (Å²) in [5, 5.41) is 0. The van der Waals surface area contributed by atoms with E-state index in [2.05, 4.69) is 8.75 Å². The molecule has 0 N–H and O–H groups in total. The van der Waals surface area contributed by atoms with E-state index in [0.717, 1.165) is 11.8 Å². The first-order valence-corrected chi connectivity index (χ1v) is 11.7. The van der Waals surface area contributed by atoms with E-state index in [9.17, 15) is 0 Å². The van der Waals surface area contributed by atoms with Crippen LogP contribution in [0.25, 0.3) is 0 Å². The predicted molar refractivity (Wildman–Crippen MR) is 110 cm³/mol. The van der Waals surface area contributed by atoms with Gasteiger partial charge < -0.3 is 9.47 Å². The van der Waals surface area contributed by atoms with Gasteiger partial charge in [-0.2, -0.15) is 0 Å². The van der Waals surface area contributed by atoms with Crippen LogP contribution < -0.4 is 9.47 Å². The average Bonchev–Trinajstić information content (AvgIpc) is 3.40. The molecule has 4 nitrogen and oxygen atoms in total. The lowest BCUT2D eigenvalue weighted by molar-refractivity contribution is 0.0290. The van der Waals surface area contributed by atoms with Gasteiger partial charge in [-0.25, -0.2) is 0 Å². The van der Waals surface area contributed by atoms with E-state index in [1.807, 2.05) is 0 Å². The van der Waals surface area contributed by atoms with Gasteiger partial charge in [-0.1, -0.05) is 38.5 Å². The number of aromatic nitrogens is 2. The van der Waals surface area contributed by atoms with Crippen LogP contribution in [0.4, 0.5) is 0 Å². The molecule has 0 aromatic carbocycles. The van der Waals surface area contributed by atoms with Crippen molar-refractivity contribution < 1.29 is 9.47 Å². The minimum absolute atomic E-state index is 0. The van der Waals surface area contributed by atoms with E-state index in [0.29, 0.717) is 23.8 Å². The molecule has 6 heteroatoms. The number of ether oxygens (including phenoxy) is 2. The third-order valence-corrected chi connectivity index (χ3v) is 8.19. The number of rotatable bonds is 5. The minimum atomic E-state index is 0. The predicted octanol–water partition coefficient (Wildman–Crippen LogP) is 6.19. The molecule has 0 saturated heterocycles. The third kappa shape index (κ3) is 4.10. The normalized spacial score (nSPS) is 36.4. The molecule has 2 bridgehead atoms. The second-order valence-corrected chi connectivity index (χ2v) is 9.84. The molecule has 4 aliphatic carbocycles. The molecule has 0 amide bonds.